The van der Waals surface area contributed by atoms with Crippen molar-refractivity contribution in [3.8, 4) is 5.88 Å². The molecule has 1 aromatic heterocycles. The number of methoxy groups -OCH3 is 1. The number of anilines is 1. The quantitative estimate of drug-likeness (QED) is 0.843. The summed E-state index contributed by atoms with van der Waals surface area (Å²) in [5.41, 5.74) is 0. The lowest BCUT2D eigenvalue weighted by Crippen LogP contribution is -2.39. The van der Waals surface area contributed by atoms with Gasteiger partial charge in [0, 0.05) is 33.1 Å². The lowest BCUT2D eigenvalue weighted by molar-refractivity contribution is -0.134. The van der Waals surface area contributed by atoms with Gasteiger partial charge in [-0.1, -0.05) is 0 Å². The Morgan fingerprint density at radius 2 is 2.14 bits per heavy atom. The Morgan fingerprint density at radius 1 is 1.41 bits per heavy atom. The zero-order chi connectivity index (χ0) is 15.9. The third kappa shape index (κ3) is 2.60. The van der Waals surface area contributed by atoms with Crippen molar-refractivity contribution in [3.63, 3.8) is 0 Å². The van der Waals surface area contributed by atoms with Crippen LogP contribution < -0.4 is 9.64 Å². The number of hydrogen-bond acceptors (Lipinski definition) is 5. The standard InChI is InChI=1S/C15H21FN4O2/c1-19-8-10-5-11(4-9(10)6-13(19)21)20(2)15-17-7-12(16)14(18-15)22-3/h7,9-11H,4-6,8H2,1-3H3/t9-,10+,11-/m0/s1. The fraction of sp³-hybridized carbons (Fsp3) is 0.667. The zero-order valence-electron chi connectivity index (χ0n) is 13.1. The van der Waals surface area contributed by atoms with Crippen LogP contribution in [0, 0.1) is 17.7 Å². The SMILES string of the molecule is COc1nc(N(C)[C@H]2C[C@H]3CC(=O)N(C)C[C@H]3C2)ncc1F. The van der Waals surface area contributed by atoms with Crippen LogP contribution in [0.1, 0.15) is 19.3 Å². The van der Waals surface area contributed by atoms with Gasteiger partial charge in [0.2, 0.25) is 17.7 Å². The van der Waals surface area contributed by atoms with Crippen LogP contribution >= 0.6 is 0 Å². The first-order chi connectivity index (χ1) is 10.5. The maximum atomic E-state index is 13.4. The van der Waals surface area contributed by atoms with Crippen LogP contribution in [0.15, 0.2) is 6.20 Å². The van der Waals surface area contributed by atoms with Gasteiger partial charge in [-0.3, -0.25) is 4.79 Å². The van der Waals surface area contributed by atoms with Crippen molar-refractivity contribution in [1.82, 2.24) is 14.9 Å². The summed E-state index contributed by atoms with van der Waals surface area (Å²) in [5, 5.41) is 0. The minimum Gasteiger partial charge on any atom is -0.479 e. The van der Waals surface area contributed by atoms with Gasteiger partial charge in [0.1, 0.15) is 0 Å². The minimum absolute atomic E-state index is 0.0397. The van der Waals surface area contributed by atoms with E-state index in [0.717, 1.165) is 25.6 Å². The highest BCUT2D eigenvalue weighted by Gasteiger charge is 2.41. The van der Waals surface area contributed by atoms with Crippen molar-refractivity contribution in [2.24, 2.45) is 11.8 Å². The Labute approximate surface area is 129 Å². The molecule has 3 atom stereocenters. The fourth-order valence-corrected chi connectivity index (χ4v) is 3.62. The Morgan fingerprint density at radius 3 is 2.86 bits per heavy atom. The molecule has 2 fully saturated rings. The van der Waals surface area contributed by atoms with E-state index in [-0.39, 0.29) is 17.8 Å². The van der Waals surface area contributed by atoms with Crippen LogP contribution in [0.2, 0.25) is 0 Å². The third-order valence-corrected chi connectivity index (χ3v) is 4.94. The Bertz CT molecular complexity index is 583. The van der Waals surface area contributed by atoms with Gasteiger partial charge in [-0.05, 0) is 24.7 Å². The molecule has 1 aromatic rings. The van der Waals surface area contributed by atoms with Crippen LogP contribution in [0.5, 0.6) is 5.88 Å². The van der Waals surface area contributed by atoms with E-state index in [1.54, 1.807) is 0 Å². The van der Waals surface area contributed by atoms with Gasteiger partial charge in [-0.15, -0.1) is 0 Å². The molecule has 2 aliphatic rings. The van der Waals surface area contributed by atoms with Gasteiger partial charge >= 0.3 is 0 Å². The number of carbonyl (C=O) groups is 1. The predicted octanol–water partition coefficient (Wildman–Crippen LogP) is 1.32. The number of aromatic nitrogens is 2. The topological polar surface area (TPSA) is 58.6 Å². The highest BCUT2D eigenvalue weighted by molar-refractivity contribution is 5.77. The van der Waals surface area contributed by atoms with Gasteiger partial charge in [0.25, 0.3) is 5.88 Å². The molecule has 22 heavy (non-hydrogen) atoms. The van der Waals surface area contributed by atoms with E-state index in [1.165, 1.54) is 7.11 Å². The highest BCUT2D eigenvalue weighted by atomic mass is 19.1. The molecule has 0 bridgehead atoms. The third-order valence-electron chi connectivity index (χ3n) is 4.94. The molecule has 2 heterocycles. The number of carbonyl (C=O) groups excluding carboxylic acids is 1. The number of likely N-dealkylation sites (tertiary alicyclic amines) is 1. The van der Waals surface area contributed by atoms with E-state index in [1.807, 2.05) is 23.9 Å². The first-order valence-electron chi connectivity index (χ1n) is 7.53. The van der Waals surface area contributed by atoms with Gasteiger partial charge < -0.3 is 14.5 Å². The second-order valence-electron chi connectivity index (χ2n) is 6.26. The summed E-state index contributed by atoms with van der Waals surface area (Å²) < 4.78 is 18.3. The smallest absolute Gasteiger partial charge is 0.255 e. The second kappa shape index (κ2) is 5.70. The number of rotatable bonds is 3. The van der Waals surface area contributed by atoms with E-state index in [9.17, 15) is 9.18 Å². The number of piperidine rings is 1. The summed E-state index contributed by atoms with van der Waals surface area (Å²) in [5.74, 6) is 1.04. The molecule has 0 unspecified atom stereocenters. The molecule has 1 saturated carbocycles. The lowest BCUT2D eigenvalue weighted by Gasteiger charge is -2.31. The van der Waals surface area contributed by atoms with Crippen molar-refractivity contribution in [2.75, 3.05) is 32.6 Å². The monoisotopic (exact) mass is 308 g/mol. The predicted molar refractivity (Wildman–Crippen MR) is 79.2 cm³/mol. The van der Waals surface area contributed by atoms with E-state index >= 15 is 0 Å². The van der Waals surface area contributed by atoms with E-state index in [4.69, 9.17) is 4.74 Å². The Kier molecular flexibility index (Phi) is 3.88. The maximum absolute atomic E-state index is 13.4. The number of nitrogens with zero attached hydrogens (tertiary/aromatic N) is 4. The van der Waals surface area contributed by atoms with Crippen LogP contribution in [0.4, 0.5) is 10.3 Å². The Balaban J connectivity index is 1.74. The van der Waals surface area contributed by atoms with Gasteiger partial charge in [0.05, 0.1) is 13.3 Å². The molecule has 6 nitrogen and oxygen atoms in total. The molecule has 1 aliphatic carbocycles. The molecule has 0 N–H and O–H groups in total. The molecular formula is C15H21FN4O2. The maximum Gasteiger partial charge on any atom is 0.255 e. The summed E-state index contributed by atoms with van der Waals surface area (Å²) in [4.78, 5) is 23.8. The molecule has 1 aliphatic heterocycles. The normalized spacial score (nSPS) is 27.7. The zero-order valence-corrected chi connectivity index (χ0v) is 13.1. The van der Waals surface area contributed by atoms with E-state index < -0.39 is 5.82 Å². The molecule has 1 saturated heterocycles. The molecule has 120 valence electrons. The number of hydrogen-bond donors (Lipinski definition) is 0. The number of ether oxygens (including phenoxy) is 1. The largest absolute Gasteiger partial charge is 0.479 e. The molecule has 0 radical (unpaired) electrons. The molecular weight excluding hydrogens is 287 g/mol. The number of amides is 1. The lowest BCUT2D eigenvalue weighted by atomic mass is 9.88. The fourth-order valence-electron chi connectivity index (χ4n) is 3.62. The van der Waals surface area contributed by atoms with Crippen LogP contribution in [-0.4, -0.2) is 54.6 Å². The number of fused-ring (bicyclic) bond motifs is 1. The number of halogens is 1. The van der Waals surface area contributed by atoms with Crippen LogP contribution in [0.25, 0.3) is 0 Å². The summed E-state index contributed by atoms with van der Waals surface area (Å²) >= 11 is 0. The summed E-state index contributed by atoms with van der Waals surface area (Å²) in [6.45, 7) is 0.821. The molecule has 7 heteroatoms. The van der Waals surface area contributed by atoms with Gasteiger partial charge in [-0.25, -0.2) is 4.98 Å². The van der Waals surface area contributed by atoms with Crippen molar-refractivity contribution < 1.29 is 13.9 Å². The van der Waals surface area contributed by atoms with Crippen molar-refractivity contribution >= 4 is 11.9 Å². The van der Waals surface area contributed by atoms with Crippen LogP contribution in [-0.2, 0) is 4.79 Å². The summed E-state index contributed by atoms with van der Waals surface area (Å²) in [6.07, 6.45) is 3.71. The van der Waals surface area contributed by atoms with E-state index in [2.05, 4.69) is 9.97 Å². The highest BCUT2D eigenvalue weighted by Crippen LogP contribution is 2.40. The van der Waals surface area contributed by atoms with Crippen LogP contribution in [0.3, 0.4) is 0 Å². The Hall–Kier alpha value is -1.92. The average molecular weight is 308 g/mol. The van der Waals surface area contributed by atoms with Gasteiger partial charge in [-0.2, -0.15) is 9.37 Å². The second-order valence-corrected chi connectivity index (χ2v) is 6.26. The molecule has 0 spiro atoms. The van der Waals surface area contributed by atoms with Crippen molar-refractivity contribution in [2.45, 2.75) is 25.3 Å². The van der Waals surface area contributed by atoms with E-state index in [0.29, 0.717) is 24.2 Å². The molecule has 0 aromatic carbocycles. The first kappa shape index (κ1) is 15.0. The average Bonchev–Trinajstić information content (AvgIpc) is 2.90. The minimum atomic E-state index is -0.563. The first-order valence-corrected chi connectivity index (χ1v) is 7.53. The molecule has 3 rings (SSSR count). The molecule has 1 amide bonds. The van der Waals surface area contributed by atoms with Crippen molar-refractivity contribution in [3.05, 3.63) is 12.0 Å². The summed E-state index contributed by atoms with van der Waals surface area (Å²) in [6, 6.07) is 0.268. The van der Waals surface area contributed by atoms with Crippen molar-refractivity contribution in [1.29, 1.82) is 0 Å². The van der Waals surface area contributed by atoms with Gasteiger partial charge in [0.15, 0.2) is 0 Å². The summed E-state index contributed by atoms with van der Waals surface area (Å²) in [7, 11) is 5.17.